The minimum Gasteiger partial charge on any atom is -0.301 e. The van der Waals surface area contributed by atoms with Crippen LogP contribution in [0.3, 0.4) is 0 Å². The lowest BCUT2D eigenvalue weighted by Gasteiger charge is -2.36. The molecule has 0 saturated carbocycles. The van der Waals surface area contributed by atoms with Crippen LogP contribution < -0.4 is 0 Å². The van der Waals surface area contributed by atoms with E-state index in [0.717, 1.165) is 26.1 Å². The van der Waals surface area contributed by atoms with Crippen LogP contribution in [0, 0.1) is 0 Å². The molecule has 0 bridgehead atoms. The van der Waals surface area contributed by atoms with Crippen LogP contribution >= 0.6 is 0 Å². The van der Waals surface area contributed by atoms with Gasteiger partial charge in [-0.3, -0.25) is 4.90 Å². The monoisotopic (exact) mass is 211 g/mol. The number of azide groups is 1. The Bertz CT molecular complexity index is 214. The molecule has 1 rings (SSSR count). The number of piperazine rings is 1. The van der Waals surface area contributed by atoms with Crippen molar-refractivity contribution in [2.75, 3.05) is 39.3 Å². The van der Waals surface area contributed by atoms with E-state index in [9.17, 15) is 0 Å². The van der Waals surface area contributed by atoms with Crippen molar-refractivity contribution in [2.24, 2.45) is 5.11 Å². The molecule has 0 spiro atoms. The zero-order valence-electron chi connectivity index (χ0n) is 9.76. The van der Waals surface area contributed by atoms with Crippen molar-refractivity contribution in [3.8, 4) is 0 Å². The molecule has 0 aromatic heterocycles. The number of nitrogens with zero attached hydrogens (tertiary/aromatic N) is 5. The van der Waals surface area contributed by atoms with E-state index in [0.29, 0.717) is 12.6 Å². The molecule has 0 amide bonds. The van der Waals surface area contributed by atoms with E-state index >= 15 is 0 Å². The molecule has 15 heavy (non-hydrogen) atoms. The largest absolute Gasteiger partial charge is 0.301 e. The molecule has 1 saturated heterocycles. The molecule has 0 atom stereocenters. The second kappa shape index (κ2) is 6.67. The summed E-state index contributed by atoms with van der Waals surface area (Å²) in [6.07, 6.45) is 0.978. The van der Waals surface area contributed by atoms with Crippen LogP contribution in [0.2, 0.25) is 0 Å². The third-order valence-corrected chi connectivity index (χ3v) is 2.93. The lowest BCUT2D eigenvalue weighted by atomic mass is 10.2. The summed E-state index contributed by atoms with van der Waals surface area (Å²) in [6, 6.07) is 0.662. The SMILES string of the molecule is CC(C)N1CCN(CCCN=[N+]=[N-])CC1. The summed E-state index contributed by atoms with van der Waals surface area (Å²) < 4.78 is 0. The molecule has 5 nitrogen and oxygen atoms in total. The van der Waals surface area contributed by atoms with E-state index in [1.807, 2.05) is 0 Å². The fraction of sp³-hybridized carbons (Fsp3) is 1.00. The zero-order valence-corrected chi connectivity index (χ0v) is 9.76. The van der Waals surface area contributed by atoms with Crippen molar-refractivity contribution in [3.63, 3.8) is 0 Å². The maximum Gasteiger partial charge on any atom is 0.0270 e. The zero-order chi connectivity index (χ0) is 11.1. The van der Waals surface area contributed by atoms with Crippen LogP contribution in [0.15, 0.2) is 5.11 Å². The molecule has 1 aliphatic heterocycles. The van der Waals surface area contributed by atoms with Gasteiger partial charge in [0.1, 0.15) is 0 Å². The standard InChI is InChI=1S/C10H21N5/c1-10(2)15-8-6-14(7-9-15)5-3-4-12-13-11/h10H,3-9H2,1-2H3. The van der Waals surface area contributed by atoms with Gasteiger partial charge in [0.15, 0.2) is 0 Å². The molecular weight excluding hydrogens is 190 g/mol. The van der Waals surface area contributed by atoms with E-state index in [-0.39, 0.29) is 0 Å². The molecule has 0 radical (unpaired) electrons. The number of hydrogen-bond donors (Lipinski definition) is 0. The average Bonchev–Trinajstić information content (AvgIpc) is 2.25. The van der Waals surface area contributed by atoms with Crippen molar-refractivity contribution in [3.05, 3.63) is 10.4 Å². The highest BCUT2D eigenvalue weighted by atomic mass is 15.3. The highest BCUT2D eigenvalue weighted by Crippen LogP contribution is 2.05. The number of rotatable bonds is 5. The van der Waals surface area contributed by atoms with Crippen LogP contribution in [-0.2, 0) is 0 Å². The Kier molecular flexibility index (Phi) is 5.47. The normalized spacial score (nSPS) is 19.1. The Labute approximate surface area is 91.7 Å². The Balaban J connectivity index is 2.12. The number of hydrogen-bond acceptors (Lipinski definition) is 3. The fourth-order valence-electron chi connectivity index (χ4n) is 1.91. The Hall–Kier alpha value is -0.770. The van der Waals surface area contributed by atoms with Gasteiger partial charge in [0.05, 0.1) is 0 Å². The predicted octanol–water partition coefficient (Wildman–Crippen LogP) is 1.71. The van der Waals surface area contributed by atoms with Gasteiger partial charge in [0.2, 0.25) is 0 Å². The highest BCUT2D eigenvalue weighted by Gasteiger charge is 2.17. The first-order valence-electron chi connectivity index (χ1n) is 5.71. The van der Waals surface area contributed by atoms with Crippen molar-refractivity contribution in [1.29, 1.82) is 0 Å². The summed E-state index contributed by atoms with van der Waals surface area (Å²) in [6.45, 7) is 10.8. The minimum atomic E-state index is 0.626. The van der Waals surface area contributed by atoms with Crippen molar-refractivity contribution in [1.82, 2.24) is 9.80 Å². The van der Waals surface area contributed by atoms with Gasteiger partial charge in [0.25, 0.3) is 0 Å². The molecular formula is C10H21N5. The van der Waals surface area contributed by atoms with Gasteiger partial charge in [-0.05, 0) is 32.3 Å². The van der Waals surface area contributed by atoms with Gasteiger partial charge in [-0.25, -0.2) is 0 Å². The molecule has 1 fully saturated rings. The summed E-state index contributed by atoms with van der Waals surface area (Å²) in [7, 11) is 0. The lowest BCUT2D eigenvalue weighted by Crippen LogP contribution is -2.49. The van der Waals surface area contributed by atoms with Gasteiger partial charge < -0.3 is 4.90 Å². The second-order valence-electron chi connectivity index (χ2n) is 4.28. The first-order valence-corrected chi connectivity index (χ1v) is 5.71. The van der Waals surface area contributed by atoms with Crippen LogP contribution in [0.5, 0.6) is 0 Å². The molecule has 5 heteroatoms. The Morgan fingerprint density at radius 3 is 2.47 bits per heavy atom. The summed E-state index contributed by atoms with van der Waals surface area (Å²) in [5, 5.41) is 3.54. The fourth-order valence-corrected chi connectivity index (χ4v) is 1.91. The summed E-state index contributed by atoms with van der Waals surface area (Å²) in [4.78, 5) is 7.71. The maximum absolute atomic E-state index is 8.14. The van der Waals surface area contributed by atoms with E-state index < -0.39 is 0 Å². The van der Waals surface area contributed by atoms with Gasteiger partial charge in [-0.15, -0.1) is 0 Å². The molecule has 1 aliphatic rings. The van der Waals surface area contributed by atoms with Gasteiger partial charge >= 0.3 is 0 Å². The van der Waals surface area contributed by atoms with Crippen molar-refractivity contribution in [2.45, 2.75) is 26.3 Å². The van der Waals surface area contributed by atoms with E-state index in [4.69, 9.17) is 5.53 Å². The lowest BCUT2D eigenvalue weighted by molar-refractivity contribution is 0.108. The van der Waals surface area contributed by atoms with Gasteiger partial charge in [-0.1, -0.05) is 5.11 Å². The molecule has 1 heterocycles. The minimum absolute atomic E-state index is 0.626. The summed E-state index contributed by atoms with van der Waals surface area (Å²) in [5.41, 5.74) is 8.14. The van der Waals surface area contributed by atoms with Crippen LogP contribution in [0.1, 0.15) is 20.3 Å². The first-order chi connectivity index (χ1) is 7.24. The third-order valence-electron chi connectivity index (χ3n) is 2.93. The van der Waals surface area contributed by atoms with E-state index in [1.54, 1.807) is 0 Å². The smallest absolute Gasteiger partial charge is 0.0270 e. The molecule has 0 aromatic carbocycles. The van der Waals surface area contributed by atoms with Crippen molar-refractivity contribution >= 4 is 0 Å². The summed E-state index contributed by atoms with van der Waals surface area (Å²) in [5.74, 6) is 0. The molecule has 0 aliphatic carbocycles. The molecule has 0 N–H and O–H groups in total. The average molecular weight is 211 g/mol. The van der Waals surface area contributed by atoms with E-state index in [2.05, 4.69) is 33.7 Å². The van der Waals surface area contributed by atoms with Crippen LogP contribution in [0.25, 0.3) is 10.4 Å². The second-order valence-corrected chi connectivity index (χ2v) is 4.28. The van der Waals surface area contributed by atoms with Gasteiger partial charge in [0, 0.05) is 43.7 Å². The predicted molar refractivity (Wildman–Crippen MR) is 61.8 cm³/mol. The van der Waals surface area contributed by atoms with E-state index in [1.165, 1.54) is 13.1 Å². The molecule has 86 valence electrons. The first kappa shape index (κ1) is 12.3. The van der Waals surface area contributed by atoms with Gasteiger partial charge in [-0.2, -0.15) is 0 Å². The highest BCUT2D eigenvalue weighted by molar-refractivity contribution is 4.74. The van der Waals surface area contributed by atoms with Crippen molar-refractivity contribution < 1.29 is 0 Å². The molecule has 0 unspecified atom stereocenters. The summed E-state index contributed by atoms with van der Waals surface area (Å²) >= 11 is 0. The molecule has 0 aromatic rings. The Morgan fingerprint density at radius 2 is 1.93 bits per heavy atom. The third kappa shape index (κ3) is 4.51. The maximum atomic E-state index is 8.14. The van der Waals surface area contributed by atoms with Crippen LogP contribution in [-0.4, -0.2) is 55.1 Å². The topological polar surface area (TPSA) is 55.2 Å². The van der Waals surface area contributed by atoms with Crippen LogP contribution in [0.4, 0.5) is 0 Å². The Morgan fingerprint density at radius 1 is 1.27 bits per heavy atom. The quantitative estimate of drug-likeness (QED) is 0.301.